The molecule has 1 N–H and O–H groups in total. The van der Waals surface area contributed by atoms with Crippen molar-refractivity contribution in [2.75, 3.05) is 31.1 Å². The van der Waals surface area contributed by atoms with Crippen molar-refractivity contribution in [3.05, 3.63) is 65.0 Å². The van der Waals surface area contributed by atoms with E-state index in [4.69, 9.17) is 0 Å². The molecule has 2 aliphatic heterocycles. The van der Waals surface area contributed by atoms with E-state index in [0.717, 1.165) is 42.7 Å². The average Bonchev–Trinajstić information content (AvgIpc) is 3.20. The van der Waals surface area contributed by atoms with E-state index in [1.165, 1.54) is 37.1 Å². The quantitative estimate of drug-likeness (QED) is 0.898. The lowest BCUT2D eigenvalue weighted by Gasteiger charge is -2.30. The normalized spacial score (nSPS) is 18.4. The Kier molecular flexibility index (Phi) is 5.23. The molecule has 1 amide bonds. The van der Waals surface area contributed by atoms with E-state index in [-0.39, 0.29) is 11.7 Å². The molecule has 2 aliphatic rings. The molecule has 1 atom stereocenters. The van der Waals surface area contributed by atoms with Crippen LogP contribution in [0.2, 0.25) is 0 Å². The highest BCUT2D eigenvalue weighted by molar-refractivity contribution is 6.06. The predicted molar refractivity (Wildman–Crippen MR) is 103 cm³/mol. The van der Waals surface area contributed by atoms with Gasteiger partial charge in [0.1, 0.15) is 5.82 Å². The molecule has 1 fully saturated rings. The number of halogens is 1. The van der Waals surface area contributed by atoms with Crippen LogP contribution in [0.5, 0.6) is 0 Å². The second-order valence-electron chi connectivity index (χ2n) is 7.48. The molecule has 1 unspecified atom stereocenters. The van der Waals surface area contributed by atoms with Crippen molar-refractivity contribution >= 4 is 11.6 Å². The van der Waals surface area contributed by atoms with Gasteiger partial charge in [0, 0.05) is 24.3 Å². The lowest BCUT2D eigenvalue weighted by Crippen LogP contribution is -2.35. The molecule has 2 aromatic carbocycles. The number of aliphatic hydroxyl groups excluding tert-OH is 1. The molecule has 4 rings (SSSR count). The van der Waals surface area contributed by atoms with Crippen molar-refractivity contribution in [2.45, 2.75) is 31.8 Å². The fourth-order valence-electron chi connectivity index (χ4n) is 4.10. The summed E-state index contributed by atoms with van der Waals surface area (Å²) in [6.45, 7) is 3.43. The number of likely N-dealkylation sites (tertiary alicyclic amines) is 1. The molecule has 0 aliphatic carbocycles. The fraction of sp³-hybridized carbons (Fsp3) is 0.409. The minimum absolute atomic E-state index is 0.110. The van der Waals surface area contributed by atoms with Crippen molar-refractivity contribution in [1.29, 1.82) is 0 Å². The van der Waals surface area contributed by atoms with Crippen molar-refractivity contribution in [1.82, 2.24) is 4.90 Å². The van der Waals surface area contributed by atoms with Gasteiger partial charge in [-0.2, -0.15) is 0 Å². The van der Waals surface area contributed by atoms with Crippen LogP contribution in [0.4, 0.5) is 10.1 Å². The van der Waals surface area contributed by atoms with Crippen molar-refractivity contribution in [3.8, 4) is 0 Å². The van der Waals surface area contributed by atoms with Gasteiger partial charge in [0.25, 0.3) is 5.91 Å². The topological polar surface area (TPSA) is 43.8 Å². The van der Waals surface area contributed by atoms with Gasteiger partial charge >= 0.3 is 0 Å². The summed E-state index contributed by atoms with van der Waals surface area (Å²) in [6, 6.07) is 11.6. The Balaban J connectivity index is 1.54. The summed E-state index contributed by atoms with van der Waals surface area (Å²) in [5.74, 6) is -0.455. The molecule has 0 spiro atoms. The van der Waals surface area contributed by atoms with Gasteiger partial charge in [0.05, 0.1) is 6.10 Å². The molecule has 0 bridgehead atoms. The van der Waals surface area contributed by atoms with Crippen molar-refractivity contribution in [3.63, 3.8) is 0 Å². The molecule has 142 valence electrons. The summed E-state index contributed by atoms with van der Waals surface area (Å²) in [4.78, 5) is 16.9. The van der Waals surface area contributed by atoms with Gasteiger partial charge < -0.3 is 14.9 Å². The monoisotopic (exact) mass is 368 g/mol. The maximum atomic E-state index is 13.1. The summed E-state index contributed by atoms with van der Waals surface area (Å²) < 4.78 is 13.1. The lowest BCUT2D eigenvalue weighted by molar-refractivity contribution is 0.0985. The number of anilines is 1. The number of carbonyl (C=O) groups is 1. The van der Waals surface area contributed by atoms with E-state index in [1.807, 2.05) is 18.2 Å². The third-order valence-electron chi connectivity index (χ3n) is 5.57. The summed E-state index contributed by atoms with van der Waals surface area (Å²) in [7, 11) is 0. The number of carbonyl (C=O) groups excluding carboxylic acids is 1. The molecular formula is C22H25FN2O2. The summed E-state index contributed by atoms with van der Waals surface area (Å²) in [5.41, 5.74) is 3.39. The molecule has 0 aromatic heterocycles. The molecule has 5 heteroatoms. The van der Waals surface area contributed by atoms with Crippen molar-refractivity contribution < 1.29 is 14.3 Å². The van der Waals surface area contributed by atoms with E-state index >= 15 is 0 Å². The van der Waals surface area contributed by atoms with Crippen LogP contribution in [0.3, 0.4) is 0 Å². The van der Waals surface area contributed by atoms with Crippen LogP contribution < -0.4 is 4.90 Å². The Morgan fingerprint density at radius 2 is 1.78 bits per heavy atom. The minimum Gasteiger partial charge on any atom is -0.387 e. The van der Waals surface area contributed by atoms with Gasteiger partial charge in [-0.3, -0.25) is 4.79 Å². The molecule has 0 saturated carbocycles. The van der Waals surface area contributed by atoms with Crippen LogP contribution >= 0.6 is 0 Å². The Hall–Kier alpha value is -2.24. The summed E-state index contributed by atoms with van der Waals surface area (Å²) in [5, 5.41) is 10.6. The van der Waals surface area contributed by atoms with E-state index in [1.54, 1.807) is 4.90 Å². The van der Waals surface area contributed by atoms with Gasteiger partial charge in [-0.15, -0.1) is 0 Å². The van der Waals surface area contributed by atoms with E-state index in [2.05, 4.69) is 4.90 Å². The zero-order valence-corrected chi connectivity index (χ0v) is 15.4. The predicted octanol–water partition coefficient (Wildman–Crippen LogP) is 3.55. The molecule has 2 heterocycles. The average molecular weight is 368 g/mol. The van der Waals surface area contributed by atoms with Gasteiger partial charge in [0.15, 0.2) is 0 Å². The molecule has 2 aromatic rings. The fourth-order valence-corrected chi connectivity index (χ4v) is 4.10. The zero-order chi connectivity index (χ0) is 18.8. The first-order valence-corrected chi connectivity index (χ1v) is 9.72. The summed E-state index contributed by atoms with van der Waals surface area (Å²) in [6.07, 6.45) is 3.68. The second-order valence-corrected chi connectivity index (χ2v) is 7.48. The number of β-amino-alcohol motifs (C(OH)–C–C–N with tert-alkyl or cyclic N) is 1. The van der Waals surface area contributed by atoms with Gasteiger partial charge in [-0.05, 0) is 80.2 Å². The van der Waals surface area contributed by atoms with Gasteiger partial charge in [0.2, 0.25) is 0 Å². The first-order chi connectivity index (χ1) is 13.1. The second kappa shape index (κ2) is 7.79. The van der Waals surface area contributed by atoms with Crippen LogP contribution in [0.1, 0.15) is 46.9 Å². The van der Waals surface area contributed by atoms with Gasteiger partial charge in [-0.1, -0.05) is 12.1 Å². The number of rotatable bonds is 4. The number of hydrogen-bond acceptors (Lipinski definition) is 3. The SMILES string of the molecule is O=C(c1ccc(F)cc1)N1CCCc2cc(C(O)CN3CCCC3)ccc21. The number of hydrogen-bond donors (Lipinski definition) is 1. The Bertz CT molecular complexity index is 816. The minimum atomic E-state index is -0.503. The third kappa shape index (κ3) is 3.89. The van der Waals surface area contributed by atoms with Crippen LogP contribution in [0.25, 0.3) is 0 Å². The Morgan fingerprint density at radius 3 is 2.52 bits per heavy atom. The summed E-state index contributed by atoms with van der Waals surface area (Å²) >= 11 is 0. The molecule has 4 nitrogen and oxygen atoms in total. The first kappa shape index (κ1) is 18.1. The number of aliphatic hydroxyl groups is 1. The van der Waals surface area contributed by atoms with E-state index in [0.29, 0.717) is 18.7 Å². The van der Waals surface area contributed by atoms with E-state index in [9.17, 15) is 14.3 Å². The highest BCUT2D eigenvalue weighted by Crippen LogP contribution is 2.31. The Morgan fingerprint density at radius 1 is 1.04 bits per heavy atom. The van der Waals surface area contributed by atoms with E-state index < -0.39 is 6.10 Å². The highest BCUT2D eigenvalue weighted by atomic mass is 19.1. The van der Waals surface area contributed by atoms with Crippen LogP contribution in [0.15, 0.2) is 42.5 Å². The largest absolute Gasteiger partial charge is 0.387 e. The molecule has 1 saturated heterocycles. The van der Waals surface area contributed by atoms with Crippen LogP contribution in [-0.4, -0.2) is 42.1 Å². The van der Waals surface area contributed by atoms with Crippen LogP contribution in [0, 0.1) is 5.82 Å². The lowest BCUT2D eigenvalue weighted by atomic mass is 9.96. The number of aryl methyl sites for hydroxylation is 1. The number of benzene rings is 2. The third-order valence-corrected chi connectivity index (χ3v) is 5.57. The highest BCUT2D eigenvalue weighted by Gasteiger charge is 2.25. The molecule has 0 radical (unpaired) electrons. The van der Waals surface area contributed by atoms with Gasteiger partial charge in [-0.25, -0.2) is 4.39 Å². The standard InChI is InChI=1S/C22H25FN2O2/c23-19-8-5-16(6-9-19)22(27)25-13-3-4-17-14-18(7-10-20(17)25)21(26)15-24-11-1-2-12-24/h5-10,14,21,26H,1-4,11-13,15H2. The zero-order valence-electron chi connectivity index (χ0n) is 15.4. The number of amides is 1. The maximum absolute atomic E-state index is 13.1. The van der Waals surface area contributed by atoms with Crippen molar-refractivity contribution in [2.24, 2.45) is 0 Å². The number of nitrogens with zero attached hydrogens (tertiary/aromatic N) is 2. The smallest absolute Gasteiger partial charge is 0.258 e. The maximum Gasteiger partial charge on any atom is 0.258 e. The molecule has 27 heavy (non-hydrogen) atoms. The molecular weight excluding hydrogens is 343 g/mol. The number of fused-ring (bicyclic) bond motifs is 1. The first-order valence-electron chi connectivity index (χ1n) is 9.72. The van der Waals surface area contributed by atoms with Crippen LogP contribution in [-0.2, 0) is 6.42 Å². The Labute approximate surface area is 159 Å².